The van der Waals surface area contributed by atoms with Crippen molar-refractivity contribution in [2.75, 3.05) is 78.4 Å². The second-order valence-corrected chi connectivity index (χ2v) is 9.63. The van der Waals surface area contributed by atoms with Crippen LogP contribution in [0.15, 0.2) is 12.1 Å². The number of rotatable bonds is 20. The highest BCUT2D eigenvalue weighted by Gasteiger charge is 2.12. The van der Waals surface area contributed by atoms with E-state index in [2.05, 4.69) is 23.1 Å². The van der Waals surface area contributed by atoms with Gasteiger partial charge in [-0.1, -0.05) is 28.5 Å². The van der Waals surface area contributed by atoms with E-state index in [-0.39, 0.29) is 13.2 Å². The highest BCUT2D eigenvalue weighted by atomic mass is 33.1. The maximum absolute atomic E-state index is 9.33. The van der Waals surface area contributed by atoms with Crippen molar-refractivity contribution in [2.45, 2.75) is 20.1 Å². The summed E-state index contributed by atoms with van der Waals surface area (Å²) in [6.45, 7) is 7.86. The van der Waals surface area contributed by atoms with Gasteiger partial charge < -0.3 is 29.2 Å². The number of hydrogen-bond donors (Lipinski definition) is 2. The minimum absolute atomic E-state index is 0.187. The summed E-state index contributed by atoms with van der Waals surface area (Å²) >= 11 is 0. The molecule has 1 heterocycles. The molecule has 0 aliphatic heterocycles. The quantitative estimate of drug-likeness (QED) is 0.214. The number of aliphatic hydroxyl groups excluding tert-OH is 2. The molecule has 0 bridgehead atoms. The Hall–Kier alpha value is -0.590. The van der Waals surface area contributed by atoms with E-state index in [9.17, 15) is 10.2 Å². The van der Waals surface area contributed by atoms with E-state index < -0.39 is 0 Å². The summed E-state index contributed by atoms with van der Waals surface area (Å²) in [5.41, 5.74) is 0.976. The van der Waals surface area contributed by atoms with Gasteiger partial charge in [-0.05, 0) is 12.2 Å². The molecule has 8 nitrogen and oxygen atoms in total. The van der Waals surface area contributed by atoms with Crippen LogP contribution in [0.2, 0.25) is 0 Å². The van der Waals surface area contributed by atoms with Crippen molar-refractivity contribution in [2.24, 2.45) is 5.92 Å². The Bertz CT molecular complexity index is 548. The molecule has 1 unspecified atom stereocenters. The van der Waals surface area contributed by atoms with Crippen LogP contribution >= 0.6 is 21.6 Å². The Balaban J connectivity index is 2.44. The Morgan fingerprint density at radius 2 is 1.58 bits per heavy atom. The van der Waals surface area contributed by atoms with Crippen molar-refractivity contribution in [1.82, 2.24) is 9.88 Å². The fraction of sp³-hybridized carbons (Fsp3) is 0.762. The molecule has 2 N–H and O–H groups in total. The van der Waals surface area contributed by atoms with Gasteiger partial charge in [0, 0.05) is 44.6 Å². The van der Waals surface area contributed by atoms with Crippen LogP contribution in [0.3, 0.4) is 0 Å². The first-order chi connectivity index (χ1) is 15.1. The zero-order valence-electron chi connectivity index (χ0n) is 19.0. The van der Waals surface area contributed by atoms with Gasteiger partial charge in [0.2, 0.25) is 0 Å². The van der Waals surface area contributed by atoms with Gasteiger partial charge in [-0.25, -0.2) is 0 Å². The van der Waals surface area contributed by atoms with E-state index in [1.807, 2.05) is 10.8 Å². The molecule has 1 rings (SSSR count). The monoisotopic (exact) mass is 478 g/mol. The first kappa shape index (κ1) is 28.4. The molecule has 0 fully saturated rings. The Labute approximate surface area is 194 Å². The summed E-state index contributed by atoms with van der Waals surface area (Å²) < 4.78 is 21.9. The average Bonchev–Trinajstić information content (AvgIpc) is 2.78. The Morgan fingerprint density at radius 1 is 0.968 bits per heavy atom. The fourth-order valence-electron chi connectivity index (χ4n) is 2.79. The third-order valence-electron chi connectivity index (χ3n) is 4.30. The van der Waals surface area contributed by atoms with Gasteiger partial charge in [-0.3, -0.25) is 9.88 Å². The summed E-state index contributed by atoms with van der Waals surface area (Å²) in [4.78, 5) is 6.48. The Morgan fingerprint density at radius 3 is 2.19 bits per heavy atom. The second kappa shape index (κ2) is 18.9. The molecule has 0 spiro atoms. The zero-order chi connectivity index (χ0) is 22.7. The van der Waals surface area contributed by atoms with Gasteiger partial charge in [0.25, 0.3) is 0 Å². The van der Waals surface area contributed by atoms with Crippen LogP contribution < -0.4 is 4.74 Å². The number of methoxy groups -OCH3 is 1. The standard InChI is InChI=1S/C21H38N2O6S2/c1-18(17-31-30-3)14-23(4-6-27-10-11-28-9-8-26-2)5-7-29-21-12-19(15-24)22-20(13-21)16-25/h12-13,18,24-25H,4-11,14-17H2,1-3H3. The maximum Gasteiger partial charge on any atom is 0.123 e. The predicted molar refractivity (Wildman–Crippen MR) is 127 cm³/mol. The molecule has 1 aromatic rings. The highest BCUT2D eigenvalue weighted by Crippen LogP contribution is 2.21. The lowest BCUT2D eigenvalue weighted by Crippen LogP contribution is -2.36. The van der Waals surface area contributed by atoms with Gasteiger partial charge in [0.1, 0.15) is 12.4 Å². The first-order valence-corrected chi connectivity index (χ1v) is 13.2. The SMILES string of the molecule is COCCOCCOCCN(CCOc1cc(CO)nc(CO)c1)CC(C)CSSC. The minimum Gasteiger partial charge on any atom is -0.492 e. The van der Waals surface area contributed by atoms with Gasteiger partial charge in [0.05, 0.1) is 57.6 Å². The Kier molecular flexibility index (Phi) is 17.4. The molecule has 0 saturated carbocycles. The molecule has 1 aromatic heterocycles. The summed E-state index contributed by atoms with van der Waals surface area (Å²) in [6.07, 6.45) is 2.10. The highest BCUT2D eigenvalue weighted by molar-refractivity contribution is 8.76. The molecule has 31 heavy (non-hydrogen) atoms. The molecule has 0 aliphatic carbocycles. The van der Waals surface area contributed by atoms with Crippen molar-refractivity contribution in [3.63, 3.8) is 0 Å². The summed E-state index contributed by atoms with van der Waals surface area (Å²) in [6, 6.07) is 3.40. The number of nitrogens with zero attached hydrogens (tertiary/aromatic N) is 2. The number of ether oxygens (including phenoxy) is 4. The molecule has 180 valence electrons. The van der Waals surface area contributed by atoms with Crippen LogP contribution in [0.4, 0.5) is 0 Å². The molecule has 0 radical (unpaired) electrons. The number of pyridine rings is 1. The lowest BCUT2D eigenvalue weighted by atomic mass is 10.2. The smallest absolute Gasteiger partial charge is 0.123 e. The van der Waals surface area contributed by atoms with Gasteiger partial charge in [-0.15, -0.1) is 0 Å². The van der Waals surface area contributed by atoms with Crippen LogP contribution in [0.1, 0.15) is 18.3 Å². The minimum atomic E-state index is -0.187. The lowest BCUT2D eigenvalue weighted by molar-refractivity contribution is 0.0181. The van der Waals surface area contributed by atoms with Gasteiger partial charge in [0.15, 0.2) is 0 Å². The lowest BCUT2D eigenvalue weighted by Gasteiger charge is -2.25. The van der Waals surface area contributed by atoms with Crippen LogP contribution in [0.5, 0.6) is 5.75 Å². The molecule has 0 aliphatic rings. The largest absolute Gasteiger partial charge is 0.492 e. The molecule has 0 saturated heterocycles. The summed E-state index contributed by atoms with van der Waals surface area (Å²) in [7, 11) is 5.32. The van der Waals surface area contributed by atoms with E-state index in [4.69, 9.17) is 18.9 Å². The van der Waals surface area contributed by atoms with Gasteiger partial charge in [-0.2, -0.15) is 0 Å². The summed E-state index contributed by atoms with van der Waals surface area (Å²) in [5.74, 6) is 2.26. The zero-order valence-corrected chi connectivity index (χ0v) is 20.6. The number of aliphatic hydroxyl groups is 2. The van der Waals surface area contributed by atoms with Crippen molar-refractivity contribution < 1.29 is 29.2 Å². The average molecular weight is 479 g/mol. The molecular weight excluding hydrogens is 440 g/mol. The fourth-order valence-corrected chi connectivity index (χ4v) is 4.37. The van der Waals surface area contributed by atoms with E-state index in [0.29, 0.717) is 62.7 Å². The molecule has 1 atom stereocenters. The molecule has 10 heteroatoms. The molecule has 0 aromatic carbocycles. The van der Waals surface area contributed by atoms with Crippen LogP contribution in [-0.4, -0.2) is 98.5 Å². The predicted octanol–water partition coefficient (Wildman–Crippen LogP) is 2.07. The third-order valence-corrected chi connectivity index (χ3v) is 6.36. The number of hydrogen-bond acceptors (Lipinski definition) is 10. The van der Waals surface area contributed by atoms with Crippen molar-refractivity contribution in [3.8, 4) is 5.75 Å². The summed E-state index contributed by atoms with van der Waals surface area (Å²) in [5, 5.41) is 18.7. The van der Waals surface area contributed by atoms with E-state index in [1.165, 1.54) is 0 Å². The van der Waals surface area contributed by atoms with Crippen LogP contribution in [-0.2, 0) is 27.4 Å². The maximum atomic E-state index is 9.33. The second-order valence-electron chi connectivity index (χ2n) is 7.02. The van der Waals surface area contributed by atoms with E-state index in [0.717, 1.165) is 25.4 Å². The molecule has 0 amide bonds. The third kappa shape index (κ3) is 14.2. The van der Waals surface area contributed by atoms with Gasteiger partial charge >= 0.3 is 0 Å². The van der Waals surface area contributed by atoms with E-state index in [1.54, 1.807) is 30.0 Å². The number of aromatic nitrogens is 1. The van der Waals surface area contributed by atoms with Crippen molar-refractivity contribution in [3.05, 3.63) is 23.5 Å². The topological polar surface area (TPSA) is 93.5 Å². The van der Waals surface area contributed by atoms with Crippen LogP contribution in [0.25, 0.3) is 0 Å². The van der Waals surface area contributed by atoms with Crippen molar-refractivity contribution >= 4 is 21.6 Å². The normalized spacial score (nSPS) is 12.5. The van der Waals surface area contributed by atoms with Crippen molar-refractivity contribution in [1.29, 1.82) is 0 Å². The molecular formula is C21H38N2O6S2. The van der Waals surface area contributed by atoms with Crippen LogP contribution in [0, 0.1) is 5.92 Å². The van der Waals surface area contributed by atoms with E-state index >= 15 is 0 Å². The first-order valence-electron chi connectivity index (χ1n) is 10.5.